The van der Waals surface area contributed by atoms with Crippen molar-refractivity contribution in [2.24, 2.45) is 0 Å². The van der Waals surface area contributed by atoms with E-state index in [1.54, 1.807) is 7.11 Å². The fourth-order valence-electron chi connectivity index (χ4n) is 2.75. The summed E-state index contributed by atoms with van der Waals surface area (Å²) in [5, 5.41) is 8.94. The van der Waals surface area contributed by atoms with E-state index in [2.05, 4.69) is 28.9 Å². The van der Waals surface area contributed by atoms with Gasteiger partial charge in [-0.05, 0) is 24.6 Å². The van der Waals surface area contributed by atoms with Crippen LogP contribution in [0.2, 0.25) is 0 Å². The highest BCUT2D eigenvalue weighted by Gasteiger charge is 2.23. The van der Waals surface area contributed by atoms with Crippen molar-refractivity contribution in [3.8, 4) is 6.07 Å². The maximum absolute atomic E-state index is 8.94. The summed E-state index contributed by atoms with van der Waals surface area (Å²) in [6.07, 6.45) is 0. The van der Waals surface area contributed by atoms with Crippen LogP contribution in [-0.2, 0) is 11.3 Å². The van der Waals surface area contributed by atoms with Crippen molar-refractivity contribution in [3.63, 3.8) is 0 Å². The van der Waals surface area contributed by atoms with Gasteiger partial charge in [-0.2, -0.15) is 5.26 Å². The molecule has 0 N–H and O–H groups in total. The average molecular weight is 273 g/mol. The van der Waals surface area contributed by atoms with Crippen molar-refractivity contribution in [1.29, 1.82) is 5.26 Å². The highest BCUT2D eigenvalue weighted by molar-refractivity contribution is 5.32. The molecule has 1 aromatic rings. The van der Waals surface area contributed by atoms with E-state index in [0.29, 0.717) is 6.04 Å². The first-order chi connectivity index (χ1) is 9.72. The molecule has 2 rings (SSSR count). The van der Waals surface area contributed by atoms with Gasteiger partial charge in [0.05, 0.1) is 18.2 Å². The summed E-state index contributed by atoms with van der Waals surface area (Å²) in [5.41, 5.74) is 1.97. The minimum atomic E-state index is 0.554. The van der Waals surface area contributed by atoms with Gasteiger partial charge in [-0.3, -0.25) is 9.80 Å². The lowest BCUT2D eigenvalue weighted by atomic mass is 10.1. The largest absolute Gasteiger partial charge is 0.383 e. The number of piperazine rings is 1. The van der Waals surface area contributed by atoms with Crippen LogP contribution in [-0.4, -0.2) is 55.7 Å². The number of rotatable bonds is 5. The minimum absolute atomic E-state index is 0.554. The summed E-state index contributed by atoms with van der Waals surface area (Å²) in [4.78, 5) is 4.94. The molecule has 1 atom stereocenters. The third kappa shape index (κ3) is 4.04. The minimum Gasteiger partial charge on any atom is -0.383 e. The summed E-state index contributed by atoms with van der Waals surface area (Å²) < 4.78 is 5.16. The number of methoxy groups -OCH3 is 1. The second-order valence-corrected chi connectivity index (χ2v) is 5.43. The second kappa shape index (κ2) is 7.39. The van der Waals surface area contributed by atoms with E-state index < -0.39 is 0 Å². The predicted molar refractivity (Wildman–Crippen MR) is 79.3 cm³/mol. The summed E-state index contributed by atoms with van der Waals surface area (Å²) in [6, 6.07) is 10.7. The number of hydrogen-bond donors (Lipinski definition) is 0. The summed E-state index contributed by atoms with van der Waals surface area (Å²) in [5.74, 6) is 0. The zero-order valence-electron chi connectivity index (χ0n) is 12.4. The van der Waals surface area contributed by atoms with Gasteiger partial charge in [0.2, 0.25) is 0 Å². The van der Waals surface area contributed by atoms with Gasteiger partial charge in [0.1, 0.15) is 0 Å². The van der Waals surface area contributed by atoms with Crippen LogP contribution in [0.25, 0.3) is 0 Å². The van der Waals surface area contributed by atoms with Crippen molar-refractivity contribution in [1.82, 2.24) is 9.80 Å². The molecule has 108 valence electrons. The molecule has 0 bridgehead atoms. The van der Waals surface area contributed by atoms with E-state index in [9.17, 15) is 0 Å². The Morgan fingerprint density at radius 3 is 2.95 bits per heavy atom. The molecule has 0 spiro atoms. The predicted octanol–water partition coefficient (Wildman–Crippen LogP) is 1.71. The molecule has 4 nitrogen and oxygen atoms in total. The first kappa shape index (κ1) is 15.0. The van der Waals surface area contributed by atoms with Crippen molar-refractivity contribution in [2.45, 2.75) is 19.5 Å². The Morgan fingerprint density at radius 1 is 1.40 bits per heavy atom. The third-order valence-corrected chi connectivity index (χ3v) is 3.89. The number of nitriles is 1. The maximum atomic E-state index is 8.94. The van der Waals surface area contributed by atoms with Crippen LogP contribution in [0.15, 0.2) is 24.3 Å². The zero-order chi connectivity index (χ0) is 14.4. The highest BCUT2D eigenvalue weighted by Crippen LogP contribution is 2.13. The van der Waals surface area contributed by atoms with Gasteiger partial charge >= 0.3 is 0 Å². The quantitative estimate of drug-likeness (QED) is 0.819. The molecule has 1 aromatic carbocycles. The molecule has 20 heavy (non-hydrogen) atoms. The molecule has 1 saturated heterocycles. The normalized spacial score (nSPS) is 20.8. The molecule has 1 fully saturated rings. The second-order valence-electron chi connectivity index (χ2n) is 5.43. The number of nitrogens with zero attached hydrogens (tertiary/aromatic N) is 3. The number of hydrogen-bond acceptors (Lipinski definition) is 4. The van der Waals surface area contributed by atoms with Crippen LogP contribution in [0.5, 0.6) is 0 Å². The molecule has 1 aliphatic rings. The Kier molecular flexibility index (Phi) is 5.54. The zero-order valence-corrected chi connectivity index (χ0v) is 12.4. The number of ether oxygens (including phenoxy) is 1. The smallest absolute Gasteiger partial charge is 0.0991 e. The van der Waals surface area contributed by atoms with E-state index in [1.165, 1.54) is 5.56 Å². The fraction of sp³-hybridized carbons (Fsp3) is 0.562. The van der Waals surface area contributed by atoms with E-state index in [4.69, 9.17) is 10.00 Å². The van der Waals surface area contributed by atoms with Crippen LogP contribution >= 0.6 is 0 Å². The van der Waals surface area contributed by atoms with Gasteiger partial charge in [0.25, 0.3) is 0 Å². The fourth-order valence-corrected chi connectivity index (χ4v) is 2.75. The molecule has 0 radical (unpaired) electrons. The average Bonchev–Trinajstić information content (AvgIpc) is 2.47. The molecular weight excluding hydrogens is 250 g/mol. The van der Waals surface area contributed by atoms with Crippen LogP contribution < -0.4 is 0 Å². The van der Waals surface area contributed by atoms with E-state index >= 15 is 0 Å². The lowest BCUT2D eigenvalue weighted by Crippen LogP contribution is -2.52. The molecule has 0 aromatic heterocycles. The Morgan fingerprint density at radius 2 is 2.25 bits per heavy atom. The van der Waals surface area contributed by atoms with Gasteiger partial charge in [-0.25, -0.2) is 0 Å². The first-order valence-electron chi connectivity index (χ1n) is 7.17. The molecule has 0 saturated carbocycles. The standard InChI is InChI=1S/C16H23N3O/c1-14-12-18(6-7-19(14)8-9-20-2)13-16-5-3-4-15(10-16)11-17/h3-5,10,14H,6-9,12-13H2,1-2H3/t14-/m0/s1. The van der Waals surface area contributed by atoms with Crippen LogP contribution in [0, 0.1) is 11.3 Å². The Labute approximate surface area is 121 Å². The molecule has 0 aliphatic carbocycles. The molecule has 1 heterocycles. The lowest BCUT2D eigenvalue weighted by molar-refractivity contribution is 0.0557. The van der Waals surface area contributed by atoms with Crippen molar-refractivity contribution < 1.29 is 4.74 Å². The SMILES string of the molecule is COCCN1CCN(Cc2cccc(C#N)c2)C[C@@H]1C. The van der Waals surface area contributed by atoms with Crippen LogP contribution in [0.3, 0.4) is 0 Å². The topological polar surface area (TPSA) is 39.5 Å². The van der Waals surface area contributed by atoms with E-state index in [1.807, 2.05) is 18.2 Å². The van der Waals surface area contributed by atoms with Gasteiger partial charge in [0, 0.05) is 45.9 Å². The van der Waals surface area contributed by atoms with E-state index in [0.717, 1.165) is 44.9 Å². The lowest BCUT2D eigenvalue weighted by Gasteiger charge is -2.39. The van der Waals surface area contributed by atoms with Crippen LogP contribution in [0.1, 0.15) is 18.1 Å². The molecule has 0 unspecified atom stereocenters. The molecular formula is C16H23N3O. The van der Waals surface area contributed by atoms with Crippen LogP contribution in [0.4, 0.5) is 0 Å². The van der Waals surface area contributed by atoms with E-state index in [-0.39, 0.29) is 0 Å². The molecule has 4 heteroatoms. The monoisotopic (exact) mass is 273 g/mol. The Bertz CT molecular complexity index is 469. The Hall–Kier alpha value is -1.41. The van der Waals surface area contributed by atoms with Crippen molar-refractivity contribution in [3.05, 3.63) is 35.4 Å². The van der Waals surface area contributed by atoms with Gasteiger partial charge < -0.3 is 4.74 Å². The van der Waals surface area contributed by atoms with Gasteiger partial charge in [-0.15, -0.1) is 0 Å². The first-order valence-corrected chi connectivity index (χ1v) is 7.17. The molecule has 0 amide bonds. The molecule has 1 aliphatic heterocycles. The third-order valence-electron chi connectivity index (χ3n) is 3.89. The van der Waals surface area contributed by atoms with Crippen molar-refractivity contribution in [2.75, 3.05) is 39.9 Å². The van der Waals surface area contributed by atoms with Gasteiger partial charge in [0.15, 0.2) is 0 Å². The van der Waals surface area contributed by atoms with Gasteiger partial charge in [-0.1, -0.05) is 12.1 Å². The summed E-state index contributed by atoms with van der Waals surface area (Å²) in [6.45, 7) is 8.24. The highest BCUT2D eigenvalue weighted by atomic mass is 16.5. The van der Waals surface area contributed by atoms with Crippen molar-refractivity contribution >= 4 is 0 Å². The number of benzene rings is 1. The summed E-state index contributed by atoms with van der Waals surface area (Å²) in [7, 11) is 1.75. The summed E-state index contributed by atoms with van der Waals surface area (Å²) >= 11 is 0. The maximum Gasteiger partial charge on any atom is 0.0991 e. The Balaban J connectivity index is 1.88.